The van der Waals surface area contributed by atoms with Gasteiger partial charge < -0.3 is 13.9 Å². The lowest BCUT2D eigenvalue weighted by Crippen LogP contribution is -2.33. The third-order valence-corrected chi connectivity index (χ3v) is 5.61. The highest BCUT2D eigenvalue weighted by Gasteiger charge is 2.45. The first-order chi connectivity index (χ1) is 15.5. The second kappa shape index (κ2) is 7.85. The van der Waals surface area contributed by atoms with Gasteiger partial charge in [-0.3, -0.25) is 4.79 Å². The fraction of sp³-hybridized carbons (Fsp3) is 0.111. The van der Waals surface area contributed by atoms with Crippen LogP contribution in [0, 0.1) is 0 Å². The number of hydrogen-bond acceptors (Lipinski definition) is 5. The molecule has 0 bridgehead atoms. The Morgan fingerprint density at radius 3 is 2.31 bits per heavy atom. The minimum Gasteiger partial charge on any atom is -0.489 e. The number of hydrogen-bond donors (Lipinski definition) is 0. The molecule has 1 unspecified atom stereocenters. The lowest BCUT2D eigenvalue weighted by Gasteiger charge is -2.27. The largest absolute Gasteiger partial charge is 0.489 e. The van der Waals surface area contributed by atoms with E-state index in [0.29, 0.717) is 34.5 Å². The van der Waals surface area contributed by atoms with E-state index in [1.54, 1.807) is 18.2 Å². The molecule has 1 aliphatic heterocycles. The van der Waals surface area contributed by atoms with Gasteiger partial charge in [0.25, 0.3) is 0 Å². The number of cyclic esters (lactones) is 1. The second-order valence-corrected chi connectivity index (χ2v) is 7.82. The van der Waals surface area contributed by atoms with Gasteiger partial charge >= 0.3 is 5.97 Å². The zero-order chi connectivity index (χ0) is 22.1. The van der Waals surface area contributed by atoms with Crippen LogP contribution in [0.5, 0.6) is 5.75 Å². The Kier molecular flexibility index (Phi) is 4.86. The van der Waals surface area contributed by atoms with Crippen molar-refractivity contribution in [2.45, 2.75) is 12.0 Å². The number of ether oxygens (including phenoxy) is 2. The molecular weight excluding hydrogens is 404 g/mol. The monoisotopic (exact) mass is 424 g/mol. The first-order valence-corrected chi connectivity index (χ1v) is 10.3. The summed E-state index contributed by atoms with van der Waals surface area (Å²) in [6.45, 7) is 3.93. The lowest BCUT2D eigenvalue weighted by molar-refractivity contribution is -0.150. The van der Waals surface area contributed by atoms with E-state index >= 15 is 0 Å². The zero-order valence-electron chi connectivity index (χ0n) is 17.2. The number of benzene rings is 3. The average molecular weight is 424 g/mol. The van der Waals surface area contributed by atoms with Crippen molar-refractivity contribution in [1.29, 1.82) is 0 Å². The molecule has 1 fully saturated rings. The molecule has 0 amide bonds. The van der Waals surface area contributed by atoms with Crippen molar-refractivity contribution in [3.63, 3.8) is 0 Å². The summed E-state index contributed by atoms with van der Waals surface area (Å²) in [5, 5.41) is 0.468. The summed E-state index contributed by atoms with van der Waals surface area (Å²) in [5.74, 6) is 0.575. The van der Waals surface area contributed by atoms with Gasteiger partial charge in [-0.15, -0.1) is 0 Å². The molecule has 3 aromatic carbocycles. The van der Waals surface area contributed by atoms with Crippen molar-refractivity contribution in [3.05, 3.63) is 113 Å². The smallest absolute Gasteiger partial charge is 0.334 e. The molecule has 1 aromatic heterocycles. The maximum absolute atomic E-state index is 12.6. The van der Waals surface area contributed by atoms with Crippen molar-refractivity contribution in [1.82, 2.24) is 0 Å². The van der Waals surface area contributed by atoms with Crippen LogP contribution < -0.4 is 10.2 Å². The Labute approximate surface area is 184 Å². The van der Waals surface area contributed by atoms with E-state index in [2.05, 4.69) is 6.58 Å². The Morgan fingerprint density at radius 1 is 0.906 bits per heavy atom. The van der Waals surface area contributed by atoms with Crippen LogP contribution in [-0.4, -0.2) is 12.6 Å². The zero-order valence-corrected chi connectivity index (χ0v) is 17.2. The molecule has 158 valence electrons. The highest BCUT2D eigenvalue weighted by atomic mass is 16.6. The Balaban J connectivity index is 1.48. The van der Waals surface area contributed by atoms with Crippen LogP contribution in [0.25, 0.3) is 22.3 Å². The highest BCUT2D eigenvalue weighted by Crippen LogP contribution is 2.39. The molecule has 0 radical (unpaired) electrons. The third-order valence-electron chi connectivity index (χ3n) is 5.61. The molecule has 32 heavy (non-hydrogen) atoms. The minimum absolute atomic E-state index is 0.107. The SMILES string of the molecule is C=C1CC(COc2ccc3c(=O)cc(-c4ccccc4)oc3c2)(c2ccccc2)OC1=O. The van der Waals surface area contributed by atoms with E-state index in [0.717, 1.165) is 11.1 Å². The lowest BCUT2D eigenvalue weighted by atomic mass is 9.90. The number of fused-ring (bicyclic) bond motifs is 1. The van der Waals surface area contributed by atoms with Gasteiger partial charge in [0.2, 0.25) is 0 Å². The molecule has 0 N–H and O–H groups in total. The quantitative estimate of drug-likeness (QED) is 0.324. The summed E-state index contributed by atoms with van der Waals surface area (Å²) in [7, 11) is 0. The predicted molar refractivity (Wildman–Crippen MR) is 121 cm³/mol. The van der Waals surface area contributed by atoms with Crippen LogP contribution in [-0.2, 0) is 15.1 Å². The van der Waals surface area contributed by atoms with Crippen LogP contribution in [0.15, 0.2) is 106 Å². The molecule has 1 saturated heterocycles. The number of carbonyl (C=O) groups excluding carboxylic acids is 1. The van der Waals surface area contributed by atoms with E-state index in [4.69, 9.17) is 13.9 Å². The normalized spacial score (nSPS) is 18.0. The van der Waals surface area contributed by atoms with Crippen LogP contribution >= 0.6 is 0 Å². The van der Waals surface area contributed by atoms with Crippen LogP contribution in [0.1, 0.15) is 12.0 Å². The Morgan fingerprint density at radius 2 is 1.62 bits per heavy atom. The standard InChI is InChI=1S/C27H20O5/c1-18-16-27(32-26(18)29,20-10-6-3-7-11-20)17-30-21-12-13-22-23(28)15-24(31-25(22)14-21)19-8-4-2-5-9-19/h2-15H,1,16-17H2. The van der Waals surface area contributed by atoms with Gasteiger partial charge in [-0.1, -0.05) is 67.2 Å². The van der Waals surface area contributed by atoms with E-state index < -0.39 is 11.6 Å². The molecule has 0 saturated carbocycles. The highest BCUT2D eigenvalue weighted by molar-refractivity contribution is 5.90. The molecule has 5 nitrogen and oxygen atoms in total. The maximum Gasteiger partial charge on any atom is 0.334 e. The second-order valence-electron chi connectivity index (χ2n) is 7.82. The topological polar surface area (TPSA) is 65.7 Å². The molecule has 2 heterocycles. The summed E-state index contributed by atoms with van der Waals surface area (Å²) in [6, 6.07) is 25.5. The van der Waals surface area contributed by atoms with E-state index in [1.807, 2.05) is 60.7 Å². The van der Waals surface area contributed by atoms with Crippen LogP contribution in [0.2, 0.25) is 0 Å². The summed E-state index contributed by atoms with van der Waals surface area (Å²) >= 11 is 0. The first kappa shape index (κ1) is 19.8. The molecule has 4 aromatic rings. The van der Waals surface area contributed by atoms with Crippen molar-refractivity contribution in [3.8, 4) is 17.1 Å². The van der Waals surface area contributed by atoms with E-state index in [9.17, 15) is 9.59 Å². The van der Waals surface area contributed by atoms with Gasteiger partial charge in [0.05, 0.1) is 5.39 Å². The van der Waals surface area contributed by atoms with Crippen LogP contribution in [0.4, 0.5) is 0 Å². The Bertz CT molecular complexity index is 1350. The Hall–Kier alpha value is -4.12. The predicted octanol–water partition coefficient (Wildman–Crippen LogP) is 5.24. The number of carbonyl (C=O) groups is 1. The molecular formula is C27H20O5. The van der Waals surface area contributed by atoms with Gasteiger partial charge in [-0.2, -0.15) is 0 Å². The maximum atomic E-state index is 12.6. The summed E-state index contributed by atoms with van der Waals surface area (Å²) in [5.41, 5.74) is 1.42. The fourth-order valence-electron chi connectivity index (χ4n) is 3.94. The van der Waals surface area contributed by atoms with Gasteiger partial charge in [-0.05, 0) is 17.7 Å². The molecule has 0 aliphatic carbocycles. The molecule has 1 atom stereocenters. The minimum atomic E-state index is -0.947. The van der Waals surface area contributed by atoms with Crippen molar-refractivity contribution in [2.75, 3.05) is 6.61 Å². The molecule has 5 heteroatoms. The molecule has 0 spiro atoms. The fourth-order valence-corrected chi connectivity index (χ4v) is 3.94. The van der Waals surface area contributed by atoms with E-state index in [-0.39, 0.29) is 12.0 Å². The molecule has 1 aliphatic rings. The first-order valence-electron chi connectivity index (χ1n) is 10.3. The van der Waals surface area contributed by atoms with Crippen molar-refractivity contribution < 1.29 is 18.7 Å². The summed E-state index contributed by atoms with van der Waals surface area (Å²) in [6.07, 6.45) is 0.344. The van der Waals surface area contributed by atoms with Crippen LogP contribution in [0.3, 0.4) is 0 Å². The summed E-state index contributed by atoms with van der Waals surface area (Å²) < 4.78 is 17.8. The number of rotatable bonds is 5. The van der Waals surface area contributed by atoms with Gasteiger partial charge in [-0.25, -0.2) is 4.79 Å². The van der Waals surface area contributed by atoms with Gasteiger partial charge in [0.1, 0.15) is 23.7 Å². The summed E-state index contributed by atoms with van der Waals surface area (Å²) in [4.78, 5) is 24.7. The van der Waals surface area contributed by atoms with Crippen molar-refractivity contribution >= 4 is 16.9 Å². The van der Waals surface area contributed by atoms with Gasteiger partial charge in [0.15, 0.2) is 11.0 Å². The molecule has 5 rings (SSSR count). The average Bonchev–Trinajstić information content (AvgIpc) is 3.13. The van der Waals surface area contributed by atoms with Gasteiger partial charge in [0, 0.05) is 29.7 Å². The van der Waals surface area contributed by atoms with Crippen molar-refractivity contribution in [2.24, 2.45) is 0 Å². The van der Waals surface area contributed by atoms with E-state index in [1.165, 1.54) is 6.07 Å². The number of esters is 1. The third kappa shape index (κ3) is 3.58.